The van der Waals surface area contributed by atoms with Crippen LogP contribution in [0.4, 0.5) is 0 Å². The summed E-state index contributed by atoms with van der Waals surface area (Å²) in [5, 5.41) is 0. The van der Waals surface area contributed by atoms with Crippen LogP contribution in [-0.4, -0.2) is 0 Å². The van der Waals surface area contributed by atoms with E-state index in [-0.39, 0.29) is 16.8 Å². The van der Waals surface area contributed by atoms with Gasteiger partial charge in [0, 0.05) is 16.8 Å². The summed E-state index contributed by atoms with van der Waals surface area (Å²) in [4.78, 5) is 0. The van der Waals surface area contributed by atoms with E-state index in [2.05, 4.69) is 76.2 Å². The largest absolute Gasteiger partial charge is 0.196 e. The average Bonchev–Trinajstić information content (AvgIpc) is 2.67. The molecular weight excluding hydrogens is 323 g/mol. The molecular formula is C22H33Co-. The molecule has 2 aromatic carbocycles. The Morgan fingerprint density at radius 2 is 0.565 bits per heavy atom. The van der Waals surface area contributed by atoms with Gasteiger partial charge in [-0.2, -0.15) is 27.8 Å². The molecule has 0 atom stereocenters. The van der Waals surface area contributed by atoms with Gasteiger partial charge in [-0.1, -0.05) is 34.6 Å². The maximum atomic E-state index is 2.21. The van der Waals surface area contributed by atoms with Gasteiger partial charge in [-0.3, -0.25) is 0 Å². The van der Waals surface area contributed by atoms with Crippen LogP contribution in [0.1, 0.15) is 61.2 Å². The second-order valence-corrected chi connectivity index (χ2v) is 6.88. The van der Waals surface area contributed by atoms with Crippen molar-refractivity contribution in [2.45, 2.75) is 76.2 Å². The van der Waals surface area contributed by atoms with Crippen LogP contribution in [-0.2, 0) is 16.8 Å². The Labute approximate surface area is 154 Å². The smallest absolute Gasteiger partial charge is 0 e. The molecule has 0 saturated carbocycles. The van der Waals surface area contributed by atoms with Gasteiger partial charge in [0.25, 0.3) is 0 Å². The summed E-state index contributed by atoms with van der Waals surface area (Å²) < 4.78 is 0. The first-order valence-corrected chi connectivity index (χ1v) is 8.25. The van der Waals surface area contributed by atoms with Gasteiger partial charge in [-0.05, 0) is 74.9 Å². The third-order valence-electron chi connectivity index (χ3n) is 6.19. The summed E-state index contributed by atoms with van der Waals surface area (Å²) in [6.07, 6.45) is 0. The Bertz CT molecular complexity index is 514. The van der Waals surface area contributed by atoms with Crippen LogP contribution in [0.2, 0.25) is 0 Å². The second-order valence-electron chi connectivity index (χ2n) is 6.88. The molecule has 2 aromatic rings. The predicted octanol–water partition coefficient (Wildman–Crippen LogP) is 6.48. The van der Waals surface area contributed by atoms with E-state index in [1.165, 1.54) is 61.2 Å². The van der Waals surface area contributed by atoms with Gasteiger partial charge in [-0.25, -0.2) is 0 Å². The predicted molar refractivity (Wildman–Crippen MR) is 101 cm³/mol. The molecule has 0 fully saturated rings. The van der Waals surface area contributed by atoms with E-state index in [1.807, 2.05) is 0 Å². The molecule has 0 N–H and O–H groups in total. The maximum Gasteiger partial charge on any atom is 0 e. The minimum atomic E-state index is 0. The van der Waals surface area contributed by atoms with Gasteiger partial charge in [0.1, 0.15) is 0 Å². The Kier molecular flexibility index (Phi) is 7.93. The zero-order valence-electron chi connectivity index (χ0n) is 16.8. The minimum Gasteiger partial charge on any atom is -0.196 e. The van der Waals surface area contributed by atoms with E-state index in [9.17, 15) is 0 Å². The van der Waals surface area contributed by atoms with Gasteiger partial charge in [0.2, 0.25) is 0 Å². The number of hydrogen-bond acceptors (Lipinski definition) is 0. The van der Waals surface area contributed by atoms with Crippen molar-refractivity contribution in [2.75, 3.05) is 0 Å². The maximum absolute atomic E-state index is 2.21. The van der Waals surface area contributed by atoms with Crippen LogP contribution >= 0.6 is 0 Å². The second kappa shape index (κ2) is 8.26. The van der Waals surface area contributed by atoms with E-state index in [0.717, 1.165) is 0 Å². The first kappa shape index (κ1) is 22.1. The Morgan fingerprint density at radius 1 is 0.391 bits per heavy atom. The van der Waals surface area contributed by atoms with Crippen molar-refractivity contribution in [2.24, 2.45) is 0 Å². The molecule has 0 saturated heterocycles. The van der Waals surface area contributed by atoms with Crippen molar-refractivity contribution in [1.82, 2.24) is 0 Å². The summed E-state index contributed by atoms with van der Waals surface area (Å²) in [6, 6.07) is 0. The first-order valence-electron chi connectivity index (χ1n) is 8.25. The van der Waals surface area contributed by atoms with Crippen molar-refractivity contribution in [3.8, 4) is 0 Å². The molecule has 0 aliphatic rings. The molecule has 131 valence electrons. The van der Waals surface area contributed by atoms with E-state index in [1.54, 1.807) is 0 Å². The summed E-state index contributed by atoms with van der Waals surface area (Å²) in [5.74, 6) is 0. The van der Waals surface area contributed by atoms with E-state index >= 15 is 0 Å². The van der Waals surface area contributed by atoms with Crippen LogP contribution in [0.15, 0.2) is 0 Å². The molecule has 2 rings (SSSR count). The molecule has 0 heterocycles. The van der Waals surface area contributed by atoms with Crippen LogP contribution in [0.25, 0.3) is 0 Å². The molecule has 1 radical (unpaired) electrons. The van der Waals surface area contributed by atoms with Crippen LogP contribution in [0, 0.1) is 76.2 Å². The Hall–Kier alpha value is -0.924. The zero-order chi connectivity index (χ0) is 17.4. The van der Waals surface area contributed by atoms with E-state index in [4.69, 9.17) is 0 Å². The summed E-state index contributed by atoms with van der Waals surface area (Å²) in [7, 11) is 0. The number of benzene rings is 1. The molecule has 0 aliphatic carbocycles. The first-order chi connectivity index (χ1) is 10.0. The minimum absolute atomic E-state index is 0. The van der Waals surface area contributed by atoms with Crippen LogP contribution < -0.4 is 0 Å². The third-order valence-corrected chi connectivity index (χ3v) is 6.19. The fourth-order valence-electron chi connectivity index (χ4n) is 3.09. The molecule has 0 amide bonds. The standard InChI is InChI=1S/C12H18.C10H15.Co/c1-7-8(2)10(4)12(6)11(5)9(7)3;1-6-7(2)9(4)10(5)8(6)3;/h1-6H3;1-5H3;/q;-1;. The zero-order valence-corrected chi connectivity index (χ0v) is 17.9. The fraction of sp³-hybridized carbons (Fsp3) is 0.500. The van der Waals surface area contributed by atoms with Crippen LogP contribution in [0.3, 0.4) is 0 Å². The molecule has 0 bridgehead atoms. The molecule has 0 nitrogen and oxygen atoms in total. The van der Waals surface area contributed by atoms with Gasteiger partial charge in [0.15, 0.2) is 0 Å². The van der Waals surface area contributed by atoms with Crippen molar-refractivity contribution >= 4 is 0 Å². The third kappa shape index (κ3) is 4.13. The summed E-state index contributed by atoms with van der Waals surface area (Å²) in [6.45, 7) is 24.3. The normalized spacial score (nSPS) is 10.0. The molecule has 1 heteroatoms. The Balaban J connectivity index is 0.000000409. The van der Waals surface area contributed by atoms with Crippen LogP contribution in [0.5, 0.6) is 0 Å². The average molecular weight is 356 g/mol. The fourth-order valence-corrected chi connectivity index (χ4v) is 3.09. The van der Waals surface area contributed by atoms with Gasteiger partial charge >= 0.3 is 0 Å². The summed E-state index contributed by atoms with van der Waals surface area (Å²) in [5.41, 5.74) is 16.1. The molecule has 0 spiro atoms. The van der Waals surface area contributed by atoms with E-state index in [0.29, 0.717) is 0 Å². The topological polar surface area (TPSA) is 0 Å². The van der Waals surface area contributed by atoms with Gasteiger partial charge < -0.3 is 0 Å². The van der Waals surface area contributed by atoms with Crippen molar-refractivity contribution in [3.05, 3.63) is 61.2 Å². The molecule has 0 aliphatic heterocycles. The summed E-state index contributed by atoms with van der Waals surface area (Å²) >= 11 is 0. The molecule has 0 unspecified atom stereocenters. The molecule has 23 heavy (non-hydrogen) atoms. The SMILES string of the molecule is Cc1c(C)c(C)[c-](C)c1C.Cc1c(C)c(C)c(C)c(C)c1C.[Co]. The Morgan fingerprint density at radius 3 is 0.652 bits per heavy atom. The van der Waals surface area contributed by atoms with E-state index < -0.39 is 0 Å². The quantitative estimate of drug-likeness (QED) is 0.474. The van der Waals surface area contributed by atoms with Gasteiger partial charge in [0.05, 0.1) is 0 Å². The van der Waals surface area contributed by atoms with Crippen molar-refractivity contribution in [3.63, 3.8) is 0 Å². The van der Waals surface area contributed by atoms with Crippen molar-refractivity contribution < 1.29 is 16.8 Å². The van der Waals surface area contributed by atoms with Gasteiger partial charge in [-0.15, -0.1) is 0 Å². The number of rotatable bonds is 0. The monoisotopic (exact) mass is 356 g/mol. The number of hydrogen-bond donors (Lipinski definition) is 0. The molecule has 0 aromatic heterocycles. The van der Waals surface area contributed by atoms with Crippen molar-refractivity contribution in [1.29, 1.82) is 0 Å².